The Morgan fingerprint density at radius 2 is 1.87 bits per heavy atom. The van der Waals surface area contributed by atoms with E-state index >= 15 is 0 Å². The number of hydrogen-bond donors (Lipinski definition) is 1. The van der Waals surface area contributed by atoms with Crippen LogP contribution in [-0.4, -0.2) is 62.8 Å². The number of nitrogens with one attached hydrogen (secondary N) is 1. The van der Waals surface area contributed by atoms with Crippen LogP contribution in [0.25, 0.3) is 0 Å². The van der Waals surface area contributed by atoms with Crippen molar-refractivity contribution in [2.45, 2.75) is 52.1 Å². The van der Waals surface area contributed by atoms with Gasteiger partial charge in [0, 0.05) is 45.5 Å². The number of rotatable bonds is 4. The first-order valence-electron chi connectivity index (χ1n) is 10.7. The number of anilines is 1. The molecule has 4 rings (SSSR count). The van der Waals surface area contributed by atoms with Crippen molar-refractivity contribution in [3.8, 4) is 0 Å². The first-order chi connectivity index (χ1) is 14.1. The first-order valence-corrected chi connectivity index (χ1v) is 10.7. The van der Waals surface area contributed by atoms with Gasteiger partial charge >= 0.3 is 0 Å². The average Bonchev–Trinajstić information content (AvgIpc) is 3.36. The van der Waals surface area contributed by atoms with Crippen LogP contribution in [-0.2, 0) is 13.6 Å². The van der Waals surface area contributed by atoms with Crippen LogP contribution in [0.2, 0.25) is 0 Å². The number of nitrogens with zero attached hydrogens (tertiary/aromatic N) is 7. The van der Waals surface area contributed by atoms with Crippen LogP contribution < -0.4 is 10.2 Å². The van der Waals surface area contributed by atoms with Gasteiger partial charge in [-0.2, -0.15) is 0 Å². The number of piperazine rings is 1. The molecule has 0 atom stereocenters. The van der Waals surface area contributed by atoms with Crippen molar-refractivity contribution >= 4 is 35.8 Å². The number of aromatic nitrogens is 4. The van der Waals surface area contributed by atoms with Crippen molar-refractivity contribution in [3.63, 3.8) is 0 Å². The summed E-state index contributed by atoms with van der Waals surface area (Å²) in [5.74, 6) is 3.89. The zero-order valence-electron chi connectivity index (χ0n) is 18.2. The van der Waals surface area contributed by atoms with Gasteiger partial charge in [-0.15, -0.1) is 34.2 Å². The molecule has 0 bridgehead atoms. The highest BCUT2D eigenvalue weighted by Gasteiger charge is 2.24. The Morgan fingerprint density at radius 1 is 1.13 bits per heavy atom. The molecule has 1 N–H and O–H groups in total. The Labute approximate surface area is 196 Å². The molecule has 1 aliphatic heterocycles. The number of halogens is 1. The van der Waals surface area contributed by atoms with Crippen LogP contribution in [0.3, 0.4) is 0 Å². The summed E-state index contributed by atoms with van der Waals surface area (Å²) >= 11 is 0. The largest absolute Gasteiger partial charge is 0.353 e. The molecule has 2 aromatic heterocycles. The Morgan fingerprint density at radius 3 is 2.50 bits per heavy atom. The summed E-state index contributed by atoms with van der Waals surface area (Å²) < 4.78 is 2.01. The third kappa shape index (κ3) is 5.41. The average molecular weight is 524 g/mol. The second-order valence-electron chi connectivity index (χ2n) is 8.15. The van der Waals surface area contributed by atoms with Crippen molar-refractivity contribution < 1.29 is 0 Å². The Bertz CT molecular complexity index is 850. The van der Waals surface area contributed by atoms with Crippen LogP contribution in [0.1, 0.15) is 42.9 Å². The predicted molar refractivity (Wildman–Crippen MR) is 130 cm³/mol. The molecule has 9 heteroatoms. The molecule has 164 valence electrons. The van der Waals surface area contributed by atoms with Crippen LogP contribution in [0.4, 0.5) is 5.82 Å². The maximum absolute atomic E-state index is 4.94. The molecule has 2 aliphatic rings. The highest BCUT2D eigenvalue weighted by molar-refractivity contribution is 14.0. The first kappa shape index (κ1) is 22.8. The lowest BCUT2D eigenvalue weighted by Gasteiger charge is -2.38. The molecular formula is C21H33IN8. The molecule has 0 amide bonds. The van der Waals surface area contributed by atoms with E-state index in [0.717, 1.165) is 49.6 Å². The molecular weight excluding hydrogens is 491 g/mol. The Balaban J connectivity index is 0.00000256. The minimum Gasteiger partial charge on any atom is -0.353 e. The van der Waals surface area contributed by atoms with Gasteiger partial charge in [-0.1, -0.05) is 12.8 Å². The minimum atomic E-state index is 0. The van der Waals surface area contributed by atoms with Crippen molar-refractivity contribution in [1.82, 2.24) is 30.0 Å². The van der Waals surface area contributed by atoms with E-state index in [1.807, 2.05) is 30.8 Å². The molecule has 2 aromatic rings. The van der Waals surface area contributed by atoms with Gasteiger partial charge in [0.05, 0.1) is 0 Å². The molecule has 0 unspecified atom stereocenters. The lowest BCUT2D eigenvalue weighted by atomic mass is 10.2. The molecule has 0 spiro atoms. The van der Waals surface area contributed by atoms with E-state index < -0.39 is 0 Å². The summed E-state index contributed by atoms with van der Waals surface area (Å²) in [5.41, 5.74) is 1.25. The van der Waals surface area contributed by atoms with Gasteiger partial charge in [-0.3, -0.25) is 0 Å². The summed E-state index contributed by atoms with van der Waals surface area (Å²) in [6.07, 6.45) is 6.97. The molecule has 1 aliphatic carbocycles. The highest BCUT2D eigenvalue weighted by atomic mass is 127. The maximum Gasteiger partial charge on any atom is 0.194 e. The lowest BCUT2D eigenvalue weighted by molar-refractivity contribution is 0.364. The van der Waals surface area contributed by atoms with E-state index in [2.05, 4.69) is 43.3 Å². The van der Waals surface area contributed by atoms with Crippen LogP contribution in [0.15, 0.2) is 23.3 Å². The van der Waals surface area contributed by atoms with Crippen molar-refractivity contribution in [2.75, 3.05) is 31.1 Å². The fraction of sp³-hybridized carbons (Fsp3) is 0.619. The number of pyridine rings is 1. The number of guanidine groups is 1. The standard InChI is InChI=1S/C21H32N8.HI/c1-16-8-9-22-19(14-16)28-10-12-29(13-11-28)21(24-18-6-4-5-7-18)23-15-20-26-25-17(2)27(20)3;/h8-9,14,18H,4-7,10-13,15H2,1-3H3,(H,23,24);1H. The van der Waals surface area contributed by atoms with E-state index in [-0.39, 0.29) is 24.0 Å². The Hall–Kier alpha value is -1.91. The molecule has 0 radical (unpaired) electrons. The summed E-state index contributed by atoms with van der Waals surface area (Å²) in [4.78, 5) is 14.2. The van der Waals surface area contributed by atoms with Gasteiger partial charge < -0.3 is 19.7 Å². The fourth-order valence-electron chi connectivity index (χ4n) is 4.06. The lowest BCUT2D eigenvalue weighted by Crippen LogP contribution is -2.54. The molecule has 30 heavy (non-hydrogen) atoms. The van der Waals surface area contributed by atoms with Crippen LogP contribution in [0.5, 0.6) is 0 Å². The molecule has 1 saturated heterocycles. The van der Waals surface area contributed by atoms with Gasteiger partial charge in [0.2, 0.25) is 0 Å². The van der Waals surface area contributed by atoms with E-state index in [0.29, 0.717) is 12.6 Å². The fourth-order valence-corrected chi connectivity index (χ4v) is 4.06. The molecule has 0 aromatic carbocycles. The monoisotopic (exact) mass is 524 g/mol. The van der Waals surface area contributed by atoms with Gasteiger partial charge in [0.15, 0.2) is 11.8 Å². The third-order valence-corrected chi connectivity index (χ3v) is 6.05. The van der Waals surface area contributed by atoms with Crippen molar-refractivity contribution in [3.05, 3.63) is 35.5 Å². The van der Waals surface area contributed by atoms with Gasteiger partial charge in [0.1, 0.15) is 18.2 Å². The minimum absolute atomic E-state index is 0. The van der Waals surface area contributed by atoms with Gasteiger partial charge in [-0.25, -0.2) is 9.98 Å². The molecule has 8 nitrogen and oxygen atoms in total. The van der Waals surface area contributed by atoms with E-state index in [9.17, 15) is 0 Å². The normalized spacial score (nSPS) is 17.9. The zero-order valence-corrected chi connectivity index (χ0v) is 20.5. The molecule has 2 fully saturated rings. The maximum atomic E-state index is 4.94. The second kappa shape index (κ2) is 10.4. The van der Waals surface area contributed by atoms with Crippen molar-refractivity contribution in [1.29, 1.82) is 0 Å². The summed E-state index contributed by atoms with van der Waals surface area (Å²) in [6, 6.07) is 4.74. The summed E-state index contributed by atoms with van der Waals surface area (Å²) in [7, 11) is 2.00. The zero-order chi connectivity index (χ0) is 20.2. The third-order valence-electron chi connectivity index (χ3n) is 6.05. The van der Waals surface area contributed by atoms with Crippen LogP contribution >= 0.6 is 24.0 Å². The Kier molecular flexibility index (Phi) is 7.90. The highest BCUT2D eigenvalue weighted by Crippen LogP contribution is 2.19. The van der Waals surface area contributed by atoms with E-state index in [1.54, 1.807) is 0 Å². The van der Waals surface area contributed by atoms with Crippen molar-refractivity contribution in [2.24, 2.45) is 12.0 Å². The second-order valence-corrected chi connectivity index (χ2v) is 8.15. The number of aliphatic imine (C=N–C) groups is 1. The van der Waals surface area contributed by atoms with Gasteiger partial charge in [-0.05, 0) is 44.4 Å². The smallest absolute Gasteiger partial charge is 0.194 e. The number of aryl methyl sites for hydroxylation is 2. The SMILES string of the molecule is Cc1ccnc(N2CCN(C(=NCc3nnc(C)n3C)NC3CCCC3)CC2)c1.I. The van der Waals surface area contributed by atoms with E-state index in [1.165, 1.54) is 31.2 Å². The van der Waals surface area contributed by atoms with Crippen LogP contribution in [0, 0.1) is 13.8 Å². The topological polar surface area (TPSA) is 74.5 Å². The quantitative estimate of drug-likeness (QED) is 0.377. The van der Waals surface area contributed by atoms with E-state index in [4.69, 9.17) is 4.99 Å². The molecule has 3 heterocycles. The molecule has 1 saturated carbocycles. The predicted octanol–water partition coefficient (Wildman–Crippen LogP) is 2.66. The van der Waals surface area contributed by atoms with Gasteiger partial charge in [0.25, 0.3) is 0 Å². The summed E-state index contributed by atoms with van der Waals surface area (Å²) in [6.45, 7) is 8.40. The summed E-state index contributed by atoms with van der Waals surface area (Å²) in [5, 5.41) is 12.2. The number of hydrogen-bond acceptors (Lipinski definition) is 5.